The van der Waals surface area contributed by atoms with Gasteiger partial charge in [-0.3, -0.25) is 0 Å². The van der Waals surface area contributed by atoms with E-state index >= 15 is 0 Å². The van der Waals surface area contributed by atoms with Gasteiger partial charge in [-0.1, -0.05) is 11.6 Å². The molecule has 3 rings (SSSR count). The van der Waals surface area contributed by atoms with Gasteiger partial charge in [0, 0.05) is 10.6 Å². The van der Waals surface area contributed by atoms with Crippen LogP contribution in [0.3, 0.4) is 0 Å². The number of rotatable bonds is 5. The van der Waals surface area contributed by atoms with Crippen molar-refractivity contribution in [1.29, 1.82) is 0 Å². The summed E-state index contributed by atoms with van der Waals surface area (Å²) in [6.45, 7) is -0.163. The second kappa shape index (κ2) is 7.28. The zero-order valence-corrected chi connectivity index (χ0v) is 14.8. The normalized spacial score (nSPS) is 11.3. The van der Waals surface area contributed by atoms with E-state index < -0.39 is 16.0 Å². The Kier molecular flexibility index (Phi) is 5.08. The molecular formula is C17H13ClN2O5S. The molecule has 1 heterocycles. The number of benzene rings is 2. The molecule has 0 atom stereocenters. The third kappa shape index (κ3) is 4.29. The highest BCUT2D eigenvalue weighted by Gasteiger charge is 2.13. The van der Waals surface area contributed by atoms with Gasteiger partial charge in [-0.05, 0) is 48.5 Å². The minimum atomic E-state index is -3.81. The lowest BCUT2D eigenvalue weighted by Gasteiger charge is -2.03. The van der Waals surface area contributed by atoms with E-state index in [0.717, 1.165) is 5.56 Å². The zero-order chi connectivity index (χ0) is 18.7. The second-order valence-electron chi connectivity index (χ2n) is 5.27. The van der Waals surface area contributed by atoms with Crippen LogP contribution in [0.25, 0.3) is 11.3 Å². The van der Waals surface area contributed by atoms with Crippen LogP contribution in [0.4, 0.5) is 0 Å². The van der Waals surface area contributed by atoms with Crippen LogP contribution in [-0.2, 0) is 21.4 Å². The van der Waals surface area contributed by atoms with Crippen LogP contribution in [-0.4, -0.2) is 19.4 Å². The second-order valence-corrected chi connectivity index (χ2v) is 7.27. The Balaban J connectivity index is 1.64. The summed E-state index contributed by atoms with van der Waals surface area (Å²) in [4.78, 5) is 16.0. The molecule has 9 heteroatoms. The van der Waals surface area contributed by atoms with Crippen molar-refractivity contribution in [3.05, 3.63) is 71.2 Å². The first-order valence-corrected chi connectivity index (χ1v) is 9.26. The van der Waals surface area contributed by atoms with Gasteiger partial charge in [0.1, 0.15) is 0 Å². The van der Waals surface area contributed by atoms with Gasteiger partial charge in [0.05, 0.1) is 16.7 Å². The number of hydrogen-bond donors (Lipinski definition) is 1. The Bertz CT molecular complexity index is 1030. The van der Waals surface area contributed by atoms with Crippen molar-refractivity contribution < 1.29 is 22.4 Å². The summed E-state index contributed by atoms with van der Waals surface area (Å²) in [6.07, 6.45) is 1.52. The zero-order valence-electron chi connectivity index (χ0n) is 13.3. The van der Waals surface area contributed by atoms with Crippen LogP contribution < -0.4 is 5.14 Å². The Morgan fingerprint density at radius 1 is 1.12 bits per heavy atom. The summed E-state index contributed by atoms with van der Waals surface area (Å²) in [5.74, 6) is 0.104. The van der Waals surface area contributed by atoms with Crippen LogP contribution >= 0.6 is 11.6 Å². The molecule has 2 aromatic carbocycles. The maximum atomic E-state index is 12.0. The number of nitrogens with zero attached hydrogens (tertiary/aromatic N) is 1. The average molecular weight is 393 g/mol. The molecule has 0 radical (unpaired) electrons. The number of hydrogen-bond acceptors (Lipinski definition) is 6. The summed E-state index contributed by atoms with van der Waals surface area (Å²) in [5, 5.41) is 5.61. The topological polar surface area (TPSA) is 112 Å². The molecule has 134 valence electrons. The molecule has 0 aliphatic carbocycles. The fourth-order valence-electron chi connectivity index (χ4n) is 2.12. The van der Waals surface area contributed by atoms with Crippen molar-refractivity contribution in [3.8, 4) is 11.3 Å². The maximum absolute atomic E-state index is 12.0. The number of carbonyl (C=O) groups excluding carboxylic acids is 1. The first-order valence-electron chi connectivity index (χ1n) is 7.33. The number of carbonyl (C=O) groups is 1. The average Bonchev–Trinajstić information content (AvgIpc) is 3.08. The van der Waals surface area contributed by atoms with Crippen molar-refractivity contribution in [2.45, 2.75) is 11.5 Å². The van der Waals surface area contributed by atoms with Gasteiger partial charge in [0.25, 0.3) is 0 Å². The predicted molar refractivity (Wildman–Crippen MR) is 93.9 cm³/mol. The molecule has 0 unspecified atom stereocenters. The monoisotopic (exact) mass is 392 g/mol. The molecule has 2 N–H and O–H groups in total. The number of aromatic nitrogens is 1. The summed E-state index contributed by atoms with van der Waals surface area (Å²) < 4.78 is 33.0. The highest BCUT2D eigenvalue weighted by Crippen LogP contribution is 2.22. The first-order chi connectivity index (χ1) is 12.3. The quantitative estimate of drug-likeness (QED) is 0.668. The smallest absolute Gasteiger partial charge is 0.338 e. The molecule has 26 heavy (non-hydrogen) atoms. The third-order valence-electron chi connectivity index (χ3n) is 3.43. The number of halogens is 1. The number of esters is 1. The van der Waals surface area contributed by atoms with Crippen molar-refractivity contribution in [1.82, 2.24) is 4.98 Å². The summed E-state index contributed by atoms with van der Waals surface area (Å²) >= 11 is 5.84. The van der Waals surface area contributed by atoms with Gasteiger partial charge in [0.2, 0.25) is 15.9 Å². The fraction of sp³-hybridized carbons (Fsp3) is 0.0588. The Hall–Kier alpha value is -2.68. The molecule has 1 aromatic heterocycles. The highest BCUT2D eigenvalue weighted by molar-refractivity contribution is 7.89. The van der Waals surface area contributed by atoms with Gasteiger partial charge < -0.3 is 9.15 Å². The Labute approximate surface area is 154 Å². The van der Waals surface area contributed by atoms with Crippen molar-refractivity contribution in [3.63, 3.8) is 0 Å². The van der Waals surface area contributed by atoms with Crippen LogP contribution in [0.2, 0.25) is 5.02 Å². The summed E-state index contributed by atoms with van der Waals surface area (Å²) in [6, 6.07) is 12.1. The van der Waals surface area contributed by atoms with Crippen LogP contribution in [0.5, 0.6) is 0 Å². The van der Waals surface area contributed by atoms with E-state index in [2.05, 4.69) is 4.98 Å². The molecule has 0 aliphatic heterocycles. The fourth-order valence-corrected chi connectivity index (χ4v) is 2.76. The Morgan fingerprint density at radius 2 is 1.77 bits per heavy atom. The lowest BCUT2D eigenvalue weighted by Crippen LogP contribution is -2.12. The molecule has 0 spiro atoms. The van der Waals surface area contributed by atoms with Crippen molar-refractivity contribution >= 4 is 27.6 Å². The van der Waals surface area contributed by atoms with Crippen LogP contribution in [0.15, 0.2) is 64.0 Å². The molecule has 0 fully saturated rings. The maximum Gasteiger partial charge on any atom is 0.338 e. The molecule has 0 saturated heterocycles. The van der Waals surface area contributed by atoms with Crippen molar-refractivity contribution in [2.24, 2.45) is 5.14 Å². The highest BCUT2D eigenvalue weighted by atomic mass is 35.5. The lowest BCUT2D eigenvalue weighted by molar-refractivity contribution is 0.0439. The largest absolute Gasteiger partial charge is 0.452 e. The first kappa shape index (κ1) is 18.1. The third-order valence-corrected chi connectivity index (χ3v) is 4.61. The Morgan fingerprint density at radius 3 is 2.38 bits per heavy atom. The molecule has 3 aromatic rings. The van der Waals surface area contributed by atoms with E-state index in [-0.39, 0.29) is 23.0 Å². The molecular weight excluding hydrogens is 380 g/mol. The SMILES string of the molecule is NS(=O)(=O)c1ccc(C(=O)OCc2ncc(-c3ccc(Cl)cc3)o2)cc1. The predicted octanol–water partition coefficient (Wildman–Crippen LogP) is 3.00. The van der Waals surface area contributed by atoms with Gasteiger partial charge >= 0.3 is 5.97 Å². The van der Waals surface area contributed by atoms with Gasteiger partial charge in [-0.2, -0.15) is 0 Å². The van der Waals surface area contributed by atoms with E-state index in [1.165, 1.54) is 30.5 Å². The number of ether oxygens (including phenoxy) is 1. The summed E-state index contributed by atoms with van der Waals surface area (Å²) in [5.41, 5.74) is 0.972. The number of oxazole rings is 1. The van der Waals surface area contributed by atoms with Crippen LogP contribution in [0.1, 0.15) is 16.2 Å². The molecule has 0 amide bonds. The van der Waals surface area contributed by atoms with E-state index in [1.54, 1.807) is 24.3 Å². The molecule has 0 saturated carbocycles. The van der Waals surface area contributed by atoms with Gasteiger partial charge in [0.15, 0.2) is 12.4 Å². The minimum Gasteiger partial charge on any atom is -0.452 e. The van der Waals surface area contributed by atoms with Crippen LogP contribution in [0, 0.1) is 0 Å². The summed E-state index contributed by atoms with van der Waals surface area (Å²) in [7, 11) is -3.81. The molecule has 0 bridgehead atoms. The van der Waals surface area contributed by atoms with E-state index in [4.69, 9.17) is 25.9 Å². The molecule has 0 aliphatic rings. The van der Waals surface area contributed by atoms with E-state index in [0.29, 0.717) is 10.8 Å². The number of sulfonamides is 1. The molecule has 7 nitrogen and oxygen atoms in total. The van der Waals surface area contributed by atoms with Gasteiger partial charge in [-0.15, -0.1) is 0 Å². The van der Waals surface area contributed by atoms with E-state index in [1.807, 2.05) is 0 Å². The van der Waals surface area contributed by atoms with Gasteiger partial charge in [-0.25, -0.2) is 23.3 Å². The number of nitrogens with two attached hydrogens (primary N) is 1. The standard InChI is InChI=1S/C17H13ClN2O5S/c18-13-5-1-11(2-6-13)15-9-20-16(25-15)10-24-17(21)12-3-7-14(8-4-12)26(19,22)23/h1-9H,10H2,(H2,19,22,23). The lowest BCUT2D eigenvalue weighted by atomic mass is 10.2. The van der Waals surface area contributed by atoms with Crippen molar-refractivity contribution in [2.75, 3.05) is 0 Å². The number of primary sulfonamides is 1. The van der Waals surface area contributed by atoms with E-state index in [9.17, 15) is 13.2 Å². The minimum absolute atomic E-state index is 0.0886.